The molecule has 1 aliphatic carbocycles. The van der Waals surface area contributed by atoms with Crippen molar-refractivity contribution in [3.05, 3.63) is 35.4 Å². The Bertz CT molecular complexity index is 510. The minimum Gasteiger partial charge on any atom is -0.391 e. The molecule has 0 radical (unpaired) electrons. The number of hydrogen-bond acceptors (Lipinski definition) is 4. The van der Waals surface area contributed by atoms with Crippen LogP contribution in [0.15, 0.2) is 24.3 Å². The number of aliphatic hydroxyl groups is 1. The molecule has 5 heteroatoms. The Morgan fingerprint density at radius 1 is 1.33 bits per heavy atom. The van der Waals surface area contributed by atoms with Gasteiger partial charge in [-0.1, -0.05) is 25.0 Å². The van der Waals surface area contributed by atoms with E-state index < -0.39 is 6.10 Å². The van der Waals surface area contributed by atoms with E-state index in [4.69, 9.17) is 5.26 Å². The zero-order chi connectivity index (χ0) is 15.1. The van der Waals surface area contributed by atoms with Crippen LogP contribution in [0.5, 0.6) is 0 Å². The molecule has 1 aliphatic rings. The molecule has 0 heterocycles. The summed E-state index contributed by atoms with van der Waals surface area (Å²) in [7, 11) is 0. The zero-order valence-electron chi connectivity index (χ0n) is 11.9. The number of rotatable bonds is 5. The minimum atomic E-state index is -0.397. The number of aliphatic hydroxyl groups excluding tert-OH is 1. The monoisotopic (exact) mass is 304 g/mol. The van der Waals surface area contributed by atoms with Crippen LogP contribution in [0.1, 0.15) is 36.8 Å². The van der Waals surface area contributed by atoms with Crippen LogP contribution in [0.2, 0.25) is 0 Å². The molecule has 0 spiro atoms. The maximum absolute atomic E-state index is 11.9. The van der Waals surface area contributed by atoms with Crippen LogP contribution in [-0.4, -0.2) is 28.9 Å². The van der Waals surface area contributed by atoms with Crippen LogP contribution in [-0.2, 0) is 10.5 Å². The lowest BCUT2D eigenvalue weighted by atomic mass is 9.93. The molecule has 0 saturated heterocycles. The molecule has 1 saturated carbocycles. The van der Waals surface area contributed by atoms with Gasteiger partial charge in [-0.15, -0.1) is 11.8 Å². The Morgan fingerprint density at radius 3 is 2.71 bits per heavy atom. The Hall–Kier alpha value is -1.51. The first-order valence-electron chi connectivity index (χ1n) is 7.23. The number of carbonyl (C=O) groups excluding carboxylic acids is 1. The van der Waals surface area contributed by atoms with Crippen LogP contribution in [0, 0.1) is 11.3 Å². The standard InChI is InChI=1S/C16H20N2O2S/c17-9-12-5-7-13(8-6-12)10-21-11-16(20)18-14-3-1-2-4-15(14)19/h5-8,14-15,19H,1-4,10-11H2,(H,18,20). The van der Waals surface area contributed by atoms with Crippen LogP contribution in [0.4, 0.5) is 0 Å². The average molecular weight is 304 g/mol. The van der Waals surface area contributed by atoms with E-state index in [1.54, 1.807) is 23.9 Å². The maximum Gasteiger partial charge on any atom is 0.230 e. The number of amides is 1. The number of nitrogens with zero attached hydrogens (tertiary/aromatic N) is 1. The van der Waals surface area contributed by atoms with Gasteiger partial charge < -0.3 is 10.4 Å². The Morgan fingerprint density at radius 2 is 2.05 bits per heavy atom. The molecule has 1 amide bonds. The Balaban J connectivity index is 1.70. The van der Waals surface area contributed by atoms with Gasteiger partial charge in [0.25, 0.3) is 0 Å². The van der Waals surface area contributed by atoms with Crippen LogP contribution >= 0.6 is 11.8 Å². The van der Waals surface area contributed by atoms with Crippen molar-refractivity contribution >= 4 is 17.7 Å². The Labute approximate surface area is 129 Å². The third kappa shape index (κ3) is 5.07. The van der Waals surface area contributed by atoms with Gasteiger partial charge in [-0.05, 0) is 30.5 Å². The lowest BCUT2D eigenvalue weighted by Crippen LogP contribution is -2.45. The quantitative estimate of drug-likeness (QED) is 0.875. The topological polar surface area (TPSA) is 73.1 Å². The molecule has 21 heavy (non-hydrogen) atoms. The third-order valence-electron chi connectivity index (χ3n) is 3.66. The summed E-state index contributed by atoms with van der Waals surface area (Å²) in [5.74, 6) is 1.12. The fourth-order valence-electron chi connectivity index (χ4n) is 2.47. The van der Waals surface area contributed by atoms with Crippen LogP contribution < -0.4 is 5.32 Å². The molecule has 112 valence electrons. The highest BCUT2D eigenvalue weighted by molar-refractivity contribution is 7.99. The van der Waals surface area contributed by atoms with Gasteiger partial charge in [0.1, 0.15) is 0 Å². The van der Waals surface area contributed by atoms with Gasteiger partial charge in [-0.2, -0.15) is 5.26 Å². The van der Waals surface area contributed by atoms with E-state index in [2.05, 4.69) is 11.4 Å². The lowest BCUT2D eigenvalue weighted by Gasteiger charge is -2.28. The molecule has 1 aromatic carbocycles. The van der Waals surface area contributed by atoms with Crippen molar-refractivity contribution < 1.29 is 9.90 Å². The highest BCUT2D eigenvalue weighted by atomic mass is 32.2. The predicted molar refractivity (Wildman–Crippen MR) is 83.7 cm³/mol. The number of carbonyl (C=O) groups is 1. The van der Waals surface area contributed by atoms with E-state index in [-0.39, 0.29) is 11.9 Å². The minimum absolute atomic E-state index is 0.0143. The number of hydrogen-bond donors (Lipinski definition) is 2. The molecule has 0 bridgehead atoms. The fourth-order valence-corrected chi connectivity index (χ4v) is 3.26. The SMILES string of the molecule is N#Cc1ccc(CSCC(=O)NC2CCCCC2O)cc1. The second kappa shape index (κ2) is 8.06. The summed E-state index contributed by atoms with van der Waals surface area (Å²) in [6.45, 7) is 0. The highest BCUT2D eigenvalue weighted by Crippen LogP contribution is 2.19. The summed E-state index contributed by atoms with van der Waals surface area (Å²) in [5.41, 5.74) is 1.75. The number of thioether (sulfide) groups is 1. The van der Waals surface area contributed by atoms with E-state index in [9.17, 15) is 9.90 Å². The lowest BCUT2D eigenvalue weighted by molar-refractivity contribution is -0.120. The summed E-state index contributed by atoms with van der Waals surface area (Å²) in [6, 6.07) is 9.40. The van der Waals surface area contributed by atoms with Gasteiger partial charge in [0.2, 0.25) is 5.91 Å². The van der Waals surface area contributed by atoms with Crippen molar-refractivity contribution in [3.8, 4) is 6.07 Å². The molecular formula is C16H20N2O2S. The van der Waals surface area contributed by atoms with Crippen LogP contribution in [0.3, 0.4) is 0 Å². The summed E-state index contributed by atoms with van der Waals surface area (Å²) < 4.78 is 0. The van der Waals surface area contributed by atoms with E-state index in [0.29, 0.717) is 11.3 Å². The van der Waals surface area contributed by atoms with E-state index in [1.165, 1.54) is 0 Å². The molecule has 2 atom stereocenters. The largest absolute Gasteiger partial charge is 0.391 e. The predicted octanol–water partition coefficient (Wildman–Crippen LogP) is 2.21. The van der Waals surface area contributed by atoms with Crippen molar-refractivity contribution in [1.82, 2.24) is 5.32 Å². The van der Waals surface area contributed by atoms with Gasteiger partial charge in [-0.25, -0.2) is 0 Å². The molecule has 0 aromatic heterocycles. The Kier molecular flexibility index (Phi) is 6.09. The zero-order valence-corrected chi connectivity index (χ0v) is 12.7. The average Bonchev–Trinajstić information content (AvgIpc) is 2.50. The van der Waals surface area contributed by atoms with Gasteiger partial charge >= 0.3 is 0 Å². The molecule has 4 nitrogen and oxygen atoms in total. The van der Waals surface area contributed by atoms with Crippen LogP contribution in [0.25, 0.3) is 0 Å². The number of nitrogens with one attached hydrogen (secondary N) is 1. The summed E-state index contributed by atoms with van der Waals surface area (Å²) >= 11 is 1.54. The third-order valence-corrected chi connectivity index (χ3v) is 4.66. The summed E-state index contributed by atoms with van der Waals surface area (Å²) in [5, 5.41) is 21.5. The molecule has 1 fully saturated rings. The van der Waals surface area contributed by atoms with Gasteiger partial charge in [0, 0.05) is 5.75 Å². The number of nitriles is 1. The molecule has 2 unspecified atom stereocenters. The van der Waals surface area contributed by atoms with Gasteiger partial charge in [0.15, 0.2) is 0 Å². The molecule has 0 aliphatic heterocycles. The first kappa shape index (κ1) is 15.9. The molecule has 1 aromatic rings. The summed E-state index contributed by atoms with van der Waals surface area (Å²) in [4.78, 5) is 11.9. The van der Waals surface area contributed by atoms with Crippen molar-refractivity contribution in [2.24, 2.45) is 0 Å². The fraction of sp³-hybridized carbons (Fsp3) is 0.500. The highest BCUT2D eigenvalue weighted by Gasteiger charge is 2.24. The van der Waals surface area contributed by atoms with Crippen molar-refractivity contribution in [2.75, 3.05) is 5.75 Å². The number of benzene rings is 1. The summed E-state index contributed by atoms with van der Waals surface area (Å²) in [6.07, 6.45) is 3.36. The van der Waals surface area contributed by atoms with Crippen molar-refractivity contribution in [2.45, 2.75) is 43.6 Å². The van der Waals surface area contributed by atoms with E-state index in [0.717, 1.165) is 37.0 Å². The smallest absolute Gasteiger partial charge is 0.230 e. The van der Waals surface area contributed by atoms with E-state index in [1.807, 2.05) is 12.1 Å². The second-order valence-electron chi connectivity index (χ2n) is 5.33. The molecular weight excluding hydrogens is 284 g/mol. The van der Waals surface area contributed by atoms with Gasteiger partial charge in [-0.3, -0.25) is 4.79 Å². The van der Waals surface area contributed by atoms with Crippen molar-refractivity contribution in [3.63, 3.8) is 0 Å². The molecule has 2 N–H and O–H groups in total. The maximum atomic E-state index is 11.9. The molecule has 2 rings (SSSR count). The first-order chi connectivity index (χ1) is 10.2. The van der Waals surface area contributed by atoms with E-state index >= 15 is 0 Å². The van der Waals surface area contributed by atoms with Crippen molar-refractivity contribution in [1.29, 1.82) is 5.26 Å². The normalized spacial score (nSPS) is 21.5. The second-order valence-corrected chi connectivity index (χ2v) is 6.31. The van der Waals surface area contributed by atoms with Gasteiger partial charge in [0.05, 0.1) is 29.5 Å². The first-order valence-corrected chi connectivity index (χ1v) is 8.38.